The number of aliphatic hydroxyl groups is 1. The van der Waals surface area contributed by atoms with Gasteiger partial charge in [0.2, 0.25) is 0 Å². The highest BCUT2D eigenvalue weighted by Gasteiger charge is 2.20. The number of carbonyl (C=O) groups excluding carboxylic acids is 1. The summed E-state index contributed by atoms with van der Waals surface area (Å²) in [5, 5.41) is 15.7. The maximum Gasteiger partial charge on any atom is 0.293 e. The van der Waals surface area contributed by atoms with E-state index in [-0.39, 0.29) is 6.04 Å². The summed E-state index contributed by atoms with van der Waals surface area (Å²) in [7, 11) is 0. The lowest BCUT2D eigenvalue weighted by Gasteiger charge is -2.23. The standard InChI is InChI=1S/C8H8O2.C5H10N4O/c9-7-10-6-8-4-2-1-3-5-8;6-9-8-4-3-7-2-1-5(4)10/h1-5,7H,6H2;4-5,7,10H,1-3H2. The van der Waals surface area contributed by atoms with E-state index in [1.165, 1.54) is 0 Å². The van der Waals surface area contributed by atoms with Crippen molar-refractivity contribution in [3.05, 3.63) is 46.3 Å². The minimum absolute atomic E-state index is 0.279. The Kier molecular flexibility index (Phi) is 7.83. The van der Waals surface area contributed by atoms with Crippen LogP contribution in [0, 0.1) is 0 Å². The van der Waals surface area contributed by atoms with Crippen LogP contribution in [-0.2, 0) is 16.1 Å². The summed E-state index contributed by atoms with van der Waals surface area (Å²) in [4.78, 5) is 12.4. The van der Waals surface area contributed by atoms with Crippen LogP contribution in [0.15, 0.2) is 35.4 Å². The molecule has 0 amide bonds. The van der Waals surface area contributed by atoms with E-state index in [2.05, 4.69) is 20.1 Å². The van der Waals surface area contributed by atoms with Crippen molar-refractivity contribution in [1.29, 1.82) is 0 Å². The first kappa shape index (κ1) is 16.0. The van der Waals surface area contributed by atoms with Crippen LogP contribution in [0.25, 0.3) is 10.4 Å². The Hall–Kier alpha value is -2.08. The third kappa shape index (κ3) is 6.19. The number of benzene rings is 1. The van der Waals surface area contributed by atoms with E-state index < -0.39 is 6.10 Å². The van der Waals surface area contributed by atoms with E-state index >= 15 is 0 Å². The maximum absolute atomic E-state index is 9.76. The van der Waals surface area contributed by atoms with Crippen LogP contribution in [0.5, 0.6) is 0 Å². The van der Waals surface area contributed by atoms with Gasteiger partial charge < -0.3 is 15.2 Å². The van der Waals surface area contributed by atoms with E-state index in [0.29, 0.717) is 26.0 Å². The van der Waals surface area contributed by atoms with Gasteiger partial charge >= 0.3 is 0 Å². The second-order valence-corrected chi connectivity index (χ2v) is 4.23. The molecule has 108 valence electrons. The normalized spacial score (nSPS) is 20.9. The maximum atomic E-state index is 9.76. The second-order valence-electron chi connectivity index (χ2n) is 4.23. The van der Waals surface area contributed by atoms with Crippen molar-refractivity contribution in [2.24, 2.45) is 5.11 Å². The number of hydrogen-bond donors (Lipinski definition) is 2. The molecule has 7 nitrogen and oxygen atoms in total. The molecule has 2 atom stereocenters. The highest BCUT2D eigenvalue weighted by molar-refractivity contribution is 5.37. The Balaban J connectivity index is 0.000000200. The molecule has 1 aromatic rings. The molecule has 1 aliphatic heterocycles. The largest absolute Gasteiger partial charge is 0.463 e. The number of nitrogens with zero attached hydrogens (tertiary/aromatic N) is 3. The van der Waals surface area contributed by atoms with Crippen molar-refractivity contribution in [1.82, 2.24) is 5.32 Å². The molecule has 2 rings (SSSR count). The van der Waals surface area contributed by atoms with Crippen LogP contribution in [0.1, 0.15) is 12.0 Å². The van der Waals surface area contributed by atoms with Crippen molar-refractivity contribution in [2.45, 2.75) is 25.2 Å². The van der Waals surface area contributed by atoms with Crippen LogP contribution in [-0.4, -0.2) is 36.8 Å². The van der Waals surface area contributed by atoms with Crippen LogP contribution >= 0.6 is 0 Å². The molecule has 2 N–H and O–H groups in total. The van der Waals surface area contributed by atoms with Crippen molar-refractivity contribution in [2.75, 3.05) is 13.1 Å². The number of nitrogens with one attached hydrogen (secondary N) is 1. The summed E-state index contributed by atoms with van der Waals surface area (Å²) in [5.41, 5.74) is 9.06. The predicted octanol–water partition coefficient (Wildman–Crippen LogP) is 1.38. The van der Waals surface area contributed by atoms with Gasteiger partial charge in [-0.05, 0) is 24.1 Å². The Bertz CT molecular complexity index is 435. The minimum atomic E-state index is -0.461. The number of piperidine rings is 1. The van der Waals surface area contributed by atoms with Gasteiger partial charge in [0.15, 0.2) is 0 Å². The number of hydrogen-bond acceptors (Lipinski definition) is 5. The number of ether oxygens (including phenoxy) is 1. The lowest BCUT2D eigenvalue weighted by molar-refractivity contribution is -0.129. The zero-order valence-electron chi connectivity index (χ0n) is 11.1. The number of aliphatic hydroxyl groups excluding tert-OH is 1. The zero-order valence-corrected chi connectivity index (χ0v) is 11.1. The molecule has 1 aliphatic rings. The molecule has 0 saturated carbocycles. The average molecular weight is 278 g/mol. The minimum Gasteiger partial charge on any atom is -0.463 e. The number of carbonyl (C=O) groups is 1. The molecule has 20 heavy (non-hydrogen) atoms. The number of azide groups is 1. The summed E-state index contributed by atoms with van der Waals surface area (Å²) in [6, 6.07) is 9.27. The molecular weight excluding hydrogens is 260 g/mol. The monoisotopic (exact) mass is 278 g/mol. The lowest BCUT2D eigenvalue weighted by atomic mass is 10.1. The van der Waals surface area contributed by atoms with Gasteiger partial charge in [-0.25, -0.2) is 0 Å². The van der Waals surface area contributed by atoms with E-state index in [1.807, 2.05) is 30.3 Å². The molecule has 0 aromatic heterocycles. The summed E-state index contributed by atoms with van der Waals surface area (Å²) < 4.78 is 4.54. The molecule has 1 heterocycles. The molecule has 0 radical (unpaired) electrons. The second kappa shape index (κ2) is 9.80. The Morgan fingerprint density at radius 2 is 2.25 bits per heavy atom. The van der Waals surface area contributed by atoms with Crippen molar-refractivity contribution in [3.63, 3.8) is 0 Å². The first-order chi connectivity index (χ1) is 9.77. The van der Waals surface area contributed by atoms with Crippen LogP contribution in [0.3, 0.4) is 0 Å². The van der Waals surface area contributed by atoms with Gasteiger partial charge in [-0.2, -0.15) is 0 Å². The topological polar surface area (TPSA) is 107 Å². The fraction of sp³-hybridized carbons (Fsp3) is 0.462. The van der Waals surface area contributed by atoms with Crippen LogP contribution in [0.2, 0.25) is 0 Å². The van der Waals surface area contributed by atoms with Gasteiger partial charge in [0.25, 0.3) is 6.47 Å². The fourth-order valence-electron chi connectivity index (χ4n) is 1.72. The number of rotatable bonds is 4. The SMILES string of the molecule is O=COCc1ccccc1.[N-]=[N+]=NC1CNCCC1O. The van der Waals surface area contributed by atoms with E-state index in [1.54, 1.807) is 0 Å². The molecule has 0 bridgehead atoms. The molecular formula is C13H18N4O3. The molecule has 7 heteroatoms. The van der Waals surface area contributed by atoms with Crippen molar-refractivity contribution < 1.29 is 14.6 Å². The average Bonchev–Trinajstić information content (AvgIpc) is 2.49. The van der Waals surface area contributed by atoms with E-state index in [4.69, 9.17) is 5.53 Å². The molecule has 0 spiro atoms. The summed E-state index contributed by atoms with van der Waals surface area (Å²) >= 11 is 0. The summed E-state index contributed by atoms with van der Waals surface area (Å²) in [6.45, 7) is 2.21. The Morgan fingerprint density at radius 1 is 1.50 bits per heavy atom. The van der Waals surface area contributed by atoms with E-state index in [9.17, 15) is 9.90 Å². The third-order valence-electron chi connectivity index (χ3n) is 2.78. The van der Waals surface area contributed by atoms with Crippen molar-refractivity contribution in [3.8, 4) is 0 Å². The smallest absolute Gasteiger partial charge is 0.293 e. The predicted molar refractivity (Wildman–Crippen MR) is 73.7 cm³/mol. The lowest BCUT2D eigenvalue weighted by Crippen LogP contribution is -2.42. The van der Waals surface area contributed by atoms with Crippen LogP contribution < -0.4 is 5.32 Å². The van der Waals surface area contributed by atoms with Crippen LogP contribution in [0.4, 0.5) is 0 Å². The molecule has 2 unspecified atom stereocenters. The summed E-state index contributed by atoms with van der Waals surface area (Å²) in [5.74, 6) is 0. The molecule has 1 fully saturated rings. The highest BCUT2D eigenvalue weighted by atomic mass is 16.5. The van der Waals surface area contributed by atoms with Gasteiger partial charge in [0.05, 0.1) is 12.1 Å². The van der Waals surface area contributed by atoms with Gasteiger partial charge in [0.1, 0.15) is 6.61 Å². The summed E-state index contributed by atoms with van der Waals surface area (Å²) in [6.07, 6.45) is 0.209. The first-order valence-electron chi connectivity index (χ1n) is 6.30. The van der Waals surface area contributed by atoms with Gasteiger partial charge in [-0.15, -0.1) is 0 Å². The molecule has 1 saturated heterocycles. The Labute approximate surface area is 117 Å². The third-order valence-corrected chi connectivity index (χ3v) is 2.78. The Morgan fingerprint density at radius 3 is 2.85 bits per heavy atom. The quantitative estimate of drug-likeness (QED) is 0.375. The van der Waals surface area contributed by atoms with Gasteiger partial charge in [0, 0.05) is 11.5 Å². The van der Waals surface area contributed by atoms with Gasteiger partial charge in [-0.3, -0.25) is 4.79 Å². The fourth-order valence-corrected chi connectivity index (χ4v) is 1.72. The molecule has 0 aliphatic carbocycles. The van der Waals surface area contributed by atoms with Crippen molar-refractivity contribution >= 4 is 6.47 Å². The van der Waals surface area contributed by atoms with Gasteiger partial charge in [-0.1, -0.05) is 35.4 Å². The zero-order chi connectivity index (χ0) is 14.6. The highest BCUT2D eigenvalue weighted by Crippen LogP contribution is 2.06. The van der Waals surface area contributed by atoms with E-state index in [0.717, 1.165) is 12.1 Å². The first-order valence-corrected chi connectivity index (χ1v) is 6.30. The molecule has 1 aromatic carbocycles.